The second-order valence-corrected chi connectivity index (χ2v) is 5.58. The molecule has 1 aliphatic carbocycles. The van der Waals surface area contributed by atoms with Crippen LogP contribution in [0.2, 0.25) is 0 Å². The molecule has 2 nitrogen and oxygen atoms in total. The number of hydrogen-bond acceptors (Lipinski definition) is 2. The first-order valence-electron chi connectivity index (χ1n) is 7.50. The summed E-state index contributed by atoms with van der Waals surface area (Å²) in [6.07, 6.45) is 5.01. The monoisotopic (exact) mass is 267 g/mol. The molecule has 0 amide bonds. The van der Waals surface area contributed by atoms with E-state index in [4.69, 9.17) is 4.74 Å². The van der Waals surface area contributed by atoms with E-state index in [0.29, 0.717) is 5.88 Å². The number of aromatic nitrogens is 1. The van der Waals surface area contributed by atoms with Crippen molar-refractivity contribution < 1.29 is 4.74 Å². The van der Waals surface area contributed by atoms with E-state index in [1.54, 1.807) is 0 Å². The number of hydrogen-bond donors (Lipinski definition) is 0. The molecule has 20 heavy (non-hydrogen) atoms. The first-order chi connectivity index (χ1) is 9.76. The summed E-state index contributed by atoms with van der Waals surface area (Å²) >= 11 is 0. The molecule has 3 rings (SSSR count). The van der Waals surface area contributed by atoms with Crippen molar-refractivity contribution in [2.75, 3.05) is 0 Å². The Morgan fingerprint density at radius 1 is 1.25 bits per heavy atom. The van der Waals surface area contributed by atoms with Crippen LogP contribution in [0.25, 0.3) is 0 Å². The van der Waals surface area contributed by atoms with Gasteiger partial charge >= 0.3 is 0 Å². The van der Waals surface area contributed by atoms with Crippen LogP contribution in [-0.4, -0.2) is 4.98 Å². The summed E-state index contributed by atoms with van der Waals surface area (Å²) in [5.41, 5.74) is 3.95. The zero-order valence-electron chi connectivity index (χ0n) is 12.2. The quantitative estimate of drug-likeness (QED) is 0.779. The minimum Gasteiger partial charge on any atom is -0.439 e. The number of rotatable bonds is 3. The van der Waals surface area contributed by atoms with Crippen molar-refractivity contribution in [3.05, 3.63) is 53.2 Å². The van der Waals surface area contributed by atoms with Crippen LogP contribution in [0.5, 0.6) is 11.6 Å². The first kappa shape index (κ1) is 13.2. The smallest absolute Gasteiger partial charge is 0.219 e. The Morgan fingerprint density at radius 3 is 2.95 bits per heavy atom. The minimum absolute atomic E-state index is 0.674. The molecule has 2 heteroatoms. The second-order valence-electron chi connectivity index (χ2n) is 5.58. The molecule has 0 bridgehead atoms. The van der Waals surface area contributed by atoms with E-state index in [-0.39, 0.29) is 0 Å². The number of nitrogens with zero attached hydrogens (tertiary/aromatic N) is 1. The Labute approximate surface area is 120 Å². The lowest BCUT2D eigenvalue weighted by Crippen LogP contribution is -2.09. The Balaban J connectivity index is 1.85. The Bertz CT molecular complexity index is 606. The third-order valence-electron chi connectivity index (χ3n) is 4.13. The van der Waals surface area contributed by atoms with Crippen molar-refractivity contribution >= 4 is 0 Å². The van der Waals surface area contributed by atoms with Crippen molar-refractivity contribution in [2.24, 2.45) is 0 Å². The lowest BCUT2D eigenvalue weighted by atomic mass is 9.81. The molecule has 1 aromatic heterocycles. The molecule has 0 spiro atoms. The summed E-state index contributed by atoms with van der Waals surface area (Å²) < 4.78 is 5.88. The average molecular weight is 267 g/mol. The summed E-state index contributed by atoms with van der Waals surface area (Å²) in [5.74, 6) is 2.30. The average Bonchev–Trinajstić information content (AvgIpc) is 2.46. The molecular weight excluding hydrogens is 246 g/mol. The third kappa shape index (κ3) is 2.69. The highest BCUT2D eigenvalue weighted by molar-refractivity contribution is 5.40. The zero-order chi connectivity index (χ0) is 13.9. The highest BCUT2D eigenvalue weighted by Gasteiger charge is 2.19. The predicted molar refractivity (Wildman–Crippen MR) is 81.5 cm³/mol. The van der Waals surface area contributed by atoms with Gasteiger partial charge in [0.2, 0.25) is 5.88 Å². The van der Waals surface area contributed by atoms with Gasteiger partial charge in [-0.05, 0) is 67.9 Å². The van der Waals surface area contributed by atoms with Crippen LogP contribution in [0.15, 0.2) is 36.4 Å². The van der Waals surface area contributed by atoms with E-state index in [1.807, 2.05) is 25.1 Å². The summed E-state index contributed by atoms with van der Waals surface area (Å²) in [5, 5.41) is 0. The molecule has 104 valence electrons. The van der Waals surface area contributed by atoms with Crippen LogP contribution >= 0.6 is 0 Å². The highest BCUT2D eigenvalue weighted by Crippen LogP contribution is 2.36. The SMILES string of the molecule is CCC1CCCc2cc(Oc3cccc(C)n3)ccc21. The van der Waals surface area contributed by atoms with Crippen molar-refractivity contribution in [2.45, 2.75) is 45.4 Å². The van der Waals surface area contributed by atoms with Gasteiger partial charge in [0.15, 0.2) is 0 Å². The van der Waals surface area contributed by atoms with Crippen LogP contribution in [0.1, 0.15) is 48.9 Å². The zero-order valence-corrected chi connectivity index (χ0v) is 12.2. The maximum Gasteiger partial charge on any atom is 0.219 e. The van der Waals surface area contributed by atoms with Gasteiger partial charge < -0.3 is 4.74 Å². The molecule has 0 N–H and O–H groups in total. The number of ether oxygens (including phenoxy) is 1. The lowest BCUT2D eigenvalue weighted by Gasteiger charge is -2.24. The highest BCUT2D eigenvalue weighted by atomic mass is 16.5. The molecule has 0 radical (unpaired) electrons. The van der Waals surface area contributed by atoms with Crippen molar-refractivity contribution in [1.82, 2.24) is 4.98 Å². The van der Waals surface area contributed by atoms with Gasteiger partial charge in [0.1, 0.15) is 5.75 Å². The maximum atomic E-state index is 5.88. The molecule has 1 atom stereocenters. The predicted octanol–water partition coefficient (Wildman–Crippen LogP) is 5.01. The van der Waals surface area contributed by atoms with Crippen molar-refractivity contribution in [3.8, 4) is 11.6 Å². The van der Waals surface area contributed by atoms with E-state index in [0.717, 1.165) is 17.4 Å². The standard InChI is InChI=1S/C18H21NO/c1-3-14-7-5-8-15-12-16(10-11-17(14)15)20-18-9-4-6-13(2)19-18/h4,6,9-12,14H,3,5,7-8H2,1-2H3. The number of benzene rings is 1. The van der Waals surface area contributed by atoms with E-state index in [9.17, 15) is 0 Å². The minimum atomic E-state index is 0.674. The Morgan fingerprint density at radius 2 is 2.15 bits per heavy atom. The fraction of sp³-hybridized carbons (Fsp3) is 0.389. The van der Waals surface area contributed by atoms with Crippen LogP contribution in [-0.2, 0) is 6.42 Å². The topological polar surface area (TPSA) is 22.1 Å². The largest absolute Gasteiger partial charge is 0.439 e. The van der Waals surface area contributed by atoms with E-state index < -0.39 is 0 Å². The van der Waals surface area contributed by atoms with Gasteiger partial charge in [-0.1, -0.05) is 19.1 Å². The molecule has 0 saturated carbocycles. The van der Waals surface area contributed by atoms with Gasteiger partial charge in [0, 0.05) is 11.8 Å². The maximum absolute atomic E-state index is 5.88. The van der Waals surface area contributed by atoms with Crippen LogP contribution in [0, 0.1) is 6.92 Å². The lowest BCUT2D eigenvalue weighted by molar-refractivity contribution is 0.458. The summed E-state index contributed by atoms with van der Waals surface area (Å²) in [7, 11) is 0. The van der Waals surface area contributed by atoms with E-state index >= 15 is 0 Å². The molecular formula is C18H21NO. The fourth-order valence-corrected chi connectivity index (χ4v) is 3.07. The van der Waals surface area contributed by atoms with Crippen LogP contribution in [0.4, 0.5) is 0 Å². The number of aryl methyl sites for hydroxylation is 2. The molecule has 1 unspecified atom stereocenters. The summed E-state index contributed by atoms with van der Waals surface area (Å²) in [4.78, 5) is 4.39. The summed E-state index contributed by atoms with van der Waals surface area (Å²) in [6, 6.07) is 12.4. The number of fused-ring (bicyclic) bond motifs is 1. The third-order valence-corrected chi connectivity index (χ3v) is 4.13. The first-order valence-corrected chi connectivity index (χ1v) is 7.50. The molecule has 2 aromatic rings. The number of pyridine rings is 1. The van der Waals surface area contributed by atoms with Crippen molar-refractivity contribution in [1.29, 1.82) is 0 Å². The van der Waals surface area contributed by atoms with Crippen molar-refractivity contribution in [3.63, 3.8) is 0 Å². The molecule has 1 heterocycles. The van der Waals surface area contributed by atoms with E-state index in [1.165, 1.54) is 36.8 Å². The van der Waals surface area contributed by atoms with E-state index in [2.05, 4.69) is 30.1 Å². The molecule has 0 fully saturated rings. The van der Waals surface area contributed by atoms with Crippen LogP contribution < -0.4 is 4.74 Å². The second kappa shape index (κ2) is 5.66. The normalized spacial score (nSPS) is 17.6. The molecule has 1 aromatic carbocycles. The van der Waals surface area contributed by atoms with Gasteiger partial charge in [-0.2, -0.15) is 0 Å². The molecule has 0 aliphatic heterocycles. The van der Waals surface area contributed by atoms with Gasteiger partial charge in [0.25, 0.3) is 0 Å². The van der Waals surface area contributed by atoms with Gasteiger partial charge in [-0.25, -0.2) is 4.98 Å². The fourth-order valence-electron chi connectivity index (χ4n) is 3.07. The molecule has 1 aliphatic rings. The van der Waals surface area contributed by atoms with Gasteiger partial charge in [-0.15, -0.1) is 0 Å². The summed E-state index contributed by atoms with van der Waals surface area (Å²) in [6.45, 7) is 4.26. The molecule has 0 saturated heterocycles. The Kier molecular flexibility index (Phi) is 3.72. The van der Waals surface area contributed by atoms with Gasteiger partial charge in [-0.3, -0.25) is 0 Å². The Hall–Kier alpha value is -1.83. The van der Waals surface area contributed by atoms with Gasteiger partial charge in [0.05, 0.1) is 0 Å². The van der Waals surface area contributed by atoms with Crippen LogP contribution in [0.3, 0.4) is 0 Å².